The standard InChI is InChI=1S/C18H25N3O2/c1-14-10-20-21-18(14)12-19-11-15-2-4-16(5-3-15)13-23-17-6-8-22-9-7-17/h2-5,10,17,19H,6-9,11-13H2,1H3,(H,20,21). The lowest BCUT2D eigenvalue weighted by molar-refractivity contribution is -0.0390. The first-order valence-corrected chi connectivity index (χ1v) is 8.28. The van der Waals surface area contributed by atoms with Crippen molar-refractivity contribution in [3.63, 3.8) is 0 Å². The number of aryl methyl sites for hydroxylation is 1. The maximum Gasteiger partial charge on any atom is 0.0720 e. The zero-order chi connectivity index (χ0) is 15.9. The predicted octanol–water partition coefficient (Wildman–Crippen LogP) is 2.70. The number of nitrogens with one attached hydrogen (secondary N) is 2. The van der Waals surface area contributed by atoms with E-state index in [2.05, 4.69) is 46.7 Å². The smallest absolute Gasteiger partial charge is 0.0720 e. The van der Waals surface area contributed by atoms with Gasteiger partial charge in [0.05, 0.1) is 24.6 Å². The molecule has 0 amide bonds. The van der Waals surface area contributed by atoms with Crippen LogP contribution in [0.25, 0.3) is 0 Å². The third kappa shape index (κ3) is 4.89. The van der Waals surface area contributed by atoms with Crippen LogP contribution in [0.5, 0.6) is 0 Å². The van der Waals surface area contributed by atoms with Crippen molar-refractivity contribution in [1.29, 1.82) is 0 Å². The fourth-order valence-corrected chi connectivity index (χ4v) is 2.69. The van der Waals surface area contributed by atoms with E-state index in [1.54, 1.807) is 0 Å². The van der Waals surface area contributed by atoms with E-state index < -0.39 is 0 Å². The van der Waals surface area contributed by atoms with Crippen LogP contribution in [0, 0.1) is 6.92 Å². The van der Waals surface area contributed by atoms with Gasteiger partial charge < -0.3 is 14.8 Å². The van der Waals surface area contributed by atoms with Crippen molar-refractivity contribution < 1.29 is 9.47 Å². The van der Waals surface area contributed by atoms with Gasteiger partial charge in [-0.15, -0.1) is 0 Å². The van der Waals surface area contributed by atoms with Gasteiger partial charge in [0.15, 0.2) is 0 Å². The Kier molecular flexibility index (Phi) is 5.80. The fourth-order valence-electron chi connectivity index (χ4n) is 2.69. The number of aromatic amines is 1. The van der Waals surface area contributed by atoms with Gasteiger partial charge in [0, 0.05) is 26.3 Å². The first-order valence-electron chi connectivity index (χ1n) is 8.28. The molecular formula is C18H25N3O2. The summed E-state index contributed by atoms with van der Waals surface area (Å²) in [6.45, 7) is 6.05. The second-order valence-electron chi connectivity index (χ2n) is 6.07. The van der Waals surface area contributed by atoms with E-state index >= 15 is 0 Å². The van der Waals surface area contributed by atoms with Crippen molar-refractivity contribution in [2.24, 2.45) is 0 Å². The molecule has 1 aromatic carbocycles. The monoisotopic (exact) mass is 315 g/mol. The van der Waals surface area contributed by atoms with Crippen LogP contribution in [-0.4, -0.2) is 29.5 Å². The van der Waals surface area contributed by atoms with Gasteiger partial charge in [-0.1, -0.05) is 24.3 Å². The zero-order valence-corrected chi connectivity index (χ0v) is 13.7. The molecule has 124 valence electrons. The number of nitrogens with zero attached hydrogens (tertiary/aromatic N) is 1. The normalized spacial score (nSPS) is 15.9. The second-order valence-corrected chi connectivity index (χ2v) is 6.07. The number of benzene rings is 1. The number of rotatable bonds is 7. The number of hydrogen-bond acceptors (Lipinski definition) is 4. The summed E-state index contributed by atoms with van der Waals surface area (Å²) < 4.78 is 11.3. The van der Waals surface area contributed by atoms with Crippen LogP contribution in [0.3, 0.4) is 0 Å². The van der Waals surface area contributed by atoms with Gasteiger partial charge in [0.1, 0.15) is 0 Å². The Labute approximate surface area is 137 Å². The molecule has 1 aliphatic heterocycles. The van der Waals surface area contributed by atoms with Crippen LogP contribution >= 0.6 is 0 Å². The van der Waals surface area contributed by atoms with Crippen molar-refractivity contribution in [2.75, 3.05) is 13.2 Å². The van der Waals surface area contributed by atoms with E-state index in [9.17, 15) is 0 Å². The van der Waals surface area contributed by atoms with Gasteiger partial charge in [-0.05, 0) is 36.5 Å². The van der Waals surface area contributed by atoms with Gasteiger partial charge >= 0.3 is 0 Å². The number of H-pyrrole nitrogens is 1. The van der Waals surface area contributed by atoms with E-state index in [-0.39, 0.29) is 0 Å². The molecule has 0 atom stereocenters. The summed E-state index contributed by atoms with van der Waals surface area (Å²) in [7, 11) is 0. The Morgan fingerprint density at radius 2 is 1.91 bits per heavy atom. The summed E-state index contributed by atoms with van der Waals surface area (Å²) in [5.41, 5.74) is 4.84. The molecule has 2 heterocycles. The maximum atomic E-state index is 5.95. The summed E-state index contributed by atoms with van der Waals surface area (Å²) in [5.74, 6) is 0. The summed E-state index contributed by atoms with van der Waals surface area (Å²) >= 11 is 0. The molecule has 3 rings (SSSR count). The van der Waals surface area contributed by atoms with Crippen LogP contribution in [0.1, 0.15) is 35.2 Å². The summed E-state index contributed by atoms with van der Waals surface area (Å²) in [5, 5.41) is 10.5. The number of ether oxygens (including phenoxy) is 2. The number of aromatic nitrogens is 2. The first kappa shape index (κ1) is 16.2. The average Bonchev–Trinajstić information content (AvgIpc) is 3.00. The molecule has 5 heteroatoms. The minimum absolute atomic E-state index is 0.350. The highest BCUT2D eigenvalue weighted by Crippen LogP contribution is 2.14. The molecule has 2 N–H and O–H groups in total. The molecule has 0 bridgehead atoms. The first-order chi connectivity index (χ1) is 11.3. The predicted molar refractivity (Wildman–Crippen MR) is 88.9 cm³/mol. The van der Waals surface area contributed by atoms with Crippen molar-refractivity contribution >= 4 is 0 Å². The van der Waals surface area contributed by atoms with E-state index in [0.717, 1.165) is 44.8 Å². The fraction of sp³-hybridized carbons (Fsp3) is 0.500. The van der Waals surface area contributed by atoms with Gasteiger partial charge in [-0.3, -0.25) is 5.10 Å². The van der Waals surface area contributed by atoms with Gasteiger partial charge in [-0.25, -0.2) is 0 Å². The van der Waals surface area contributed by atoms with Crippen LogP contribution in [0.4, 0.5) is 0 Å². The summed E-state index contributed by atoms with van der Waals surface area (Å²) in [6, 6.07) is 8.63. The summed E-state index contributed by atoms with van der Waals surface area (Å²) in [4.78, 5) is 0. The topological polar surface area (TPSA) is 59.2 Å². The van der Waals surface area contributed by atoms with Crippen molar-refractivity contribution in [1.82, 2.24) is 15.5 Å². The molecule has 1 aliphatic rings. The molecule has 1 saturated heterocycles. The van der Waals surface area contributed by atoms with Crippen LogP contribution in [0.15, 0.2) is 30.5 Å². The van der Waals surface area contributed by atoms with Crippen molar-refractivity contribution in [2.45, 2.75) is 45.6 Å². The van der Waals surface area contributed by atoms with Crippen molar-refractivity contribution in [3.05, 3.63) is 52.8 Å². The SMILES string of the molecule is Cc1cn[nH]c1CNCc1ccc(COC2CCOCC2)cc1. The lowest BCUT2D eigenvalue weighted by atomic mass is 10.1. The van der Waals surface area contributed by atoms with Crippen LogP contribution in [0.2, 0.25) is 0 Å². The Balaban J connectivity index is 1.40. The molecule has 0 unspecified atom stereocenters. The maximum absolute atomic E-state index is 5.95. The van der Waals surface area contributed by atoms with Gasteiger partial charge in [-0.2, -0.15) is 5.10 Å². The molecule has 1 fully saturated rings. The Bertz CT molecular complexity index is 589. The minimum atomic E-state index is 0.350. The van der Waals surface area contributed by atoms with Crippen molar-refractivity contribution in [3.8, 4) is 0 Å². The largest absolute Gasteiger partial charge is 0.381 e. The zero-order valence-electron chi connectivity index (χ0n) is 13.7. The summed E-state index contributed by atoms with van der Waals surface area (Å²) in [6.07, 6.45) is 4.22. The molecule has 0 spiro atoms. The molecule has 0 aliphatic carbocycles. The molecule has 5 nitrogen and oxygen atoms in total. The minimum Gasteiger partial charge on any atom is -0.381 e. The Morgan fingerprint density at radius 1 is 1.17 bits per heavy atom. The average molecular weight is 315 g/mol. The molecular weight excluding hydrogens is 290 g/mol. The lowest BCUT2D eigenvalue weighted by Crippen LogP contribution is -2.23. The Hall–Kier alpha value is -1.69. The van der Waals surface area contributed by atoms with E-state index in [4.69, 9.17) is 9.47 Å². The molecule has 2 aromatic rings. The highest BCUT2D eigenvalue weighted by molar-refractivity contribution is 5.22. The third-order valence-corrected chi connectivity index (χ3v) is 4.24. The van der Waals surface area contributed by atoms with E-state index in [1.807, 2.05) is 6.20 Å². The molecule has 0 radical (unpaired) electrons. The lowest BCUT2D eigenvalue weighted by Gasteiger charge is -2.22. The van der Waals surface area contributed by atoms with Gasteiger partial charge in [0.2, 0.25) is 0 Å². The Morgan fingerprint density at radius 3 is 2.61 bits per heavy atom. The van der Waals surface area contributed by atoms with Crippen LogP contribution < -0.4 is 5.32 Å². The highest BCUT2D eigenvalue weighted by atomic mass is 16.5. The van der Waals surface area contributed by atoms with Crippen LogP contribution in [-0.2, 0) is 29.2 Å². The third-order valence-electron chi connectivity index (χ3n) is 4.24. The molecule has 1 aromatic heterocycles. The second kappa shape index (κ2) is 8.24. The van der Waals surface area contributed by atoms with Gasteiger partial charge in [0.25, 0.3) is 0 Å². The molecule has 0 saturated carbocycles. The highest BCUT2D eigenvalue weighted by Gasteiger charge is 2.13. The quantitative estimate of drug-likeness (QED) is 0.825. The van der Waals surface area contributed by atoms with E-state index in [0.29, 0.717) is 12.7 Å². The number of hydrogen-bond donors (Lipinski definition) is 2. The molecule has 23 heavy (non-hydrogen) atoms. The van der Waals surface area contributed by atoms with E-state index in [1.165, 1.54) is 16.7 Å².